The van der Waals surface area contributed by atoms with Gasteiger partial charge in [0, 0.05) is 18.8 Å². The van der Waals surface area contributed by atoms with Crippen LogP contribution in [-0.2, 0) is 7.05 Å². The zero-order valence-corrected chi connectivity index (χ0v) is 6.59. The molecule has 0 radical (unpaired) electrons. The van der Waals surface area contributed by atoms with Gasteiger partial charge in [-0.15, -0.1) is 0 Å². The Balaban J connectivity index is 3.15. The van der Waals surface area contributed by atoms with E-state index in [1.807, 2.05) is 0 Å². The minimum atomic E-state index is -0.554. The average molecular weight is 175 g/mol. The number of nitrogens with one attached hydrogen (secondary N) is 1. The normalized spacial score (nSPS) is 9.64. The first-order valence-corrected chi connectivity index (χ1v) is 3.23. The summed E-state index contributed by atoms with van der Waals surface area (Å²) in [7, 11) is 1.65. The highest BCUT2D eigenvalue weighted by Crippen LogP contribution is 2.13. The van der Waals surface area contributed by atoms with E-state index in [-0.39, 0.29) is 5.56 Å². The smallest absolute Gasteiger partial charge is 0.254 e. The maximum absolute atomic E-state index is 10.7. The van der Waals surface area contributed by atoms with Gasteiger partial charge < -0.3 is 5.73 Å². The van der Waals surface area contributed by atoms with E-state index in [1.165, 1.54) is 10.9 Å². The molecule has 0 aromatic carbocycles. The third-order valence-corrected chi connectivity index (χ3v) is 1.47. The van der Waals surface area contributed by atoms with Crippen LogP contribution in [0.5, 0.6) is 0 Å². The summed E-state index contributed by atoms with van der Waals surface area (Å²) < 4.78 is 1.42. The number of amides is 1. The lowest BCUT2D eigenvalue weighted by molar-refractivity contribution is 0.100. The first kappa shape index (κ1) is 7.87. The van der Waals surface area contributed by atoms with Crippen LogP contribution in [0.3, 0.4) is 0 Å². The fraction of sp³-hybridized carbons (Fsp3) is 0.200. The SMILES string of the molecule is Cn1ncc(C(N)=O)c1NCl. The third-order valence-electron chi connectivity index (χ3n) is 1.29. The minimum Gasteiger partial charge on any atom is -0.365 e. The van der Waals surface area contributed by atoms with Crippen LogP contribution in [0.2, 0.25) is 0 Å². The van der Waals surface area contributed by atoms with Crippen LogP contribution in [-0.4, -0.2) is 15.7 Å². The van der Waals surface area contributed by atoms with Crippen molar-refractivity contribution in [1.82, 2.24) is 9.78 Å². The Kier molecular flexibility index (Phi) is 2.00. The Bertz CT molecular complexity index is 282. The van der Waals surface area contributed by atoms with Gasteiger partial charge in [0.05, 0.1) is 6.20 Å². The lowest BCUT2D eigenvalue weighted by Gasteiger charge is -1.98. The van der Waals surface area contributed by atoms with Gasteiger partial charge in [-0.25, -0.2) is 0 Å². The van der Waals surface area contributed by atoms with Crippen LogP contribution in [0.15, 0.2) is 6.20 Å². The van der Waals surface area contributed by atoms with Gasteiger partial charge in [-0.3, -0.25) is 14.3 Å². The standard InChI is InChI=1S/C5H7ClN4O/c1-10-5(9-6)3(2-8-10)4(7)11/h2,9H,1H3,(H2,7,11). The number of rotatable bonds is 2. The highest BCUT2D eigenvalue weighted by atomic mass is 35.5. The van der Waals surface area contributed by atoms with Crippen molar-refractivity contribution in [3.05, 3.63) is 11.8 Å². The highest BCUT2D eigenvalue weighted by molar-refractivity contribution is 6.24. The van der Waals surface area contributed by atoms with Crippen LogP contribution in [0, 0.1) is 0 Å². The van der Waals surface area contributed by atoms with Crippen molar-refractivity contribution >= 4 is 23.5 Å². The molecule has 0 saturated heterocycles. The molecule has 1 aromatic rings. The zero-order valence-electron chi connectivity index (χ0n) is 5.84. The number of aromatic nitrogens is 2. The number of carbonyl (C=O) groups excluding carboxylic acids is 1. The largest absolute Gasteiger partial charge is 0.365 e. The number of hydrogen-bond donors (Lipinski definition) is 2. The average Bonchev–Trinajstić information content (AvgIpc) is 2.30. The van der Waals surface area contributed by atoms with Crippen molar-refractivity contribution in [2.45, 2.75) is 0 Å². The van der Waals surface area contributed by atoms with Gasteiger partial charge in [-0.2, -0.15) is 5.10 Å². The quantitative estimate of drug-likeness (QED) is 0.624. The van der Waals surface area contributed by atoms with Crippen molar-refractivity contribution in [1.29, 1.82) is 0 Å². The van der Waals surface area contributed by atoms with Crippen molar-refractivity contribution in [3.8, 4) is 0 Å². The summed E-state index contributed by atoms with van der Waals surface area (Å²) in [6.45, 7) is 0. The predicted molar refractivity (Wildman–Crippen MR) is 41.2 cm³/mol. The van der Waals surface area contributed by atoms with E-state index in [4.69, 9.17) is 17.5 Å². The Morgan fingerprint density at radius 3 is 2.91 bits per heavy atom. The molecule has 3 N–H and O–H groups in total. The van der Waals surface area contributed by atoms with Crippen LogP contribution < -0.4 is 10.6 Å². The van der Waals surface area contributed by atoms with E-state index >= 15 is 0 Å². The lowest BCUT2D eigenvalue weighted by atomic mass is 10.3. The maximum Gasteiger partial charge on any atom is 0.254 e. The zero-order chi connectivity index (χ0) is 8.43. The van der Waals surface area contributed by atoms with E-state index in [9.17, 15) is 4.79 Å². The number of hydrogen-bond acceptors (Lipinski definition) is 3. The van der Waals surface area contributed by atoms with E-state index in [0.29, 0.717) is 5.82 Å². The second-order valence-corrected chi connectivity index (χ2v) is 2.18. The summed E-state index contributed by atoms with van der Waals surface area (Å²) in [6.07, 6.45) is 1.35. The number of anilines is 1. The van der Waals surface area contributed by atoms with Gasteiger partial charge in [-0.05, 0) is 0 Å². The molecule has 11 heavy (non-hydrogen) atoms. The second-order valence-electron chi connectivity index (χ2n) is 1.99. The number of nitrogens with zero attached hydrogens (tertiary/aromatic N) is 2. The molecule has 0 saturated carbocycles. The summed E-state index contributed by atoms with van der Waals surface area (Å²) in [4.78, 5) is 13.0. The number of carbonyl (C=O) groups is 1. The lowest BCUT2D eigenvalue weighted by Crippen LogP contribution is -2.12. The van der Waals surface area contributed by atoms with Gasteiger partial charge >= 0.3 is 0 Å². The second kappa shape index (κ2) is 2.79. The molecule has 60 valence electrons. The van der Waals surface area contributed by atoms with Crippen molar-refractivity contribution < 1.29 is 4.79 Å². The molecule has 0 fully saturated rings. The topological polar surface area (TPSA) is 72.9 Å². The van der Waals surface area contributed by atoms with Gasteiger partial charge in [0.2, 0.25) is 0 Å². The molecule has 0 aliphatic rings. The molecule has 1 heterocycles. The van der Waals surface area contributed by atoms with Crippen LogP contribution in [0.4, 0.5) is 5.82 Å². The Hall–Kier alpha value is -1.23. The Morgan fingerprint density at radius 2 is 2.55 bits per heavy atom. The molecule has 0 aliphatic carbocycles. The molecular weight excluding hydrogens is 168 g/mol. The molecule has 0 spiro atoms. The number of nitrogens with two attached hydrogens (primary N) is 1. The molecule has 0 aliphatic heterocycles. The molecule has 0 unspecified atom stereocenters. The molecule has 1 aromatic heterocycles. The summed E-state index contributed by atoms with van der Waals surface area (Å²) >= 11 is 5.30. The number of halogens is 1. The molecule has 1 amide bonds. The third kappa shape index (κ3) is 1.27. The van der Waals surface area contributed by atoms with Crippen molar-refractivity contribution in [2.75, 3.05) is 4.84 Å². The predicted octanol–water partition coefficient (Wildman–Crippen LogP) is 0.0847. The van der Waals surface area contributed by atoms with Gasteiger partial charge in [-0.1, -0.05) is 0 Å². The van der Waals surface area contributed by atoms with E-state index < -0.39 is 5.91 Å². The minimum absolute atomic E-state index is 0.280. The number of primary amides is 1. The highest BCUT2D eigenvalue weighted by Gasteiger charge is 2.11. The molecule has 1 rings (SSSR count). The summed E-state index contributed by atoms with van der Waals surface area (Å²) in [5.74, 6) is -0.152. The molecule has 0 bridgehead atoms. The summed E-state index contributed by atoms with van der Waals surface area (Å²) in [5.41, 5.74) is 5.29. The Labute approximate surface area is 68.2 Å². The first-order chi connectivity index (χ1) is 5.16. The van der Waals surface area contributed by atoms with E-state index in [0.717, 1.165) is 0 Å². The van der Waals surface area contributed by atoms with Crippen LogP contribution in [0.25, 0.3) is 0 Å². The molecular formula is C5H7ClN4O. The first-order valence-electron chi connectivity index (χ1n) is 2.85. The molecule has 5 nitrogen and oxygen atoms in total. The summed E-state index contributed by atoms with van der Waals surface area (Å²) in [6, 6.07) is 0. The van der Waals surface area contributed by atoms with Crippen LogP contribution >= 0.6 is 11.8 Å². The van der Waals surface area contributed by atoms with Crippen LogP contribution in [0.1, 0.15) is 10.4 Å². The van der Waals surface area contributed by atoms with Gasteiger partial charge in [0.25, 0.3) is 5.91 Å². The number of aryl methyl sites for hydroxylation is 1. The maximum atomic E-state index is 10.7. The fourth-order valence-corrected chi connectivity index (χ4v) is 0.954. The summed E-state index contributed by atoms with van der Waals surface area (Å²) in [5, 5.41) is 3.78. The molecule has 6 heteroatoms. The van der Waals surface area contributed by atoms with Gasteiger partial charge in [0.15, 0.2) is 5.82 Å². The Morgan fingerprint density at radius 1 is 1.91 bits per heavy atom. The van der Waals surface area contributed by atoms with E-state index in [1.54, 1.807) is 7.05 Å². The molecule has 0 atom stereocenters. The van der Waals surface area contributed by atoms with E-state index in [2.05, 4.69) is 9.93 Å². The van der Waals surface area contributed by atoms with Crippen molar-refractivity contribution in [2.24, 2.45) is 12.8 Å². The van der Waals surface area contributed by atoms with Gasteiger partial charge in [0.1, 0.15) is 5.56 Å². The monoisotopic (exact) mass is 174 g/mol. The fourth-order valence-electron chi connectivity index (χ4n) is 0.730. The van der Waals surface area contributed by atoms with Crippen molar-refractivity contribution in [3.63, 3.8) is 0 Å².